The molecule has 212 valence electrons. The maximum Gasteiger partial charge on any atom is 0.307 e. The van der Waals surface area contributed by atoms with Crippen LogP contribution in [0.1, 0.15) is 69.5 Å². The van der Waals surface area contributed by atoms with Crippen LogP contribution in [0.15, 0.2) is 48.5 Å². The summed E-state index contributed by atoms with van der Waals surface area (Å²) in [5, 5.41) is 10.8. The van der Waals surface area contributed by atoms with Crippen LogP contribution in [0.2, 0.25) is 10.0 Å². The van der Waals surface area contributed by atoms with Gasteiger partial charge >= 0.3 is 5.97 Å². The molecule has 1 N–H and O–H groups in total. The number of likely N-dealkylation sites (N-methyl/N-ethyl adjacent to an activating group) is 1. The number of carbonyl (C=O) groups excluding carboxylic acids is 1. The highest BCUT2D eigenvalue weighted by Crippen LogP contribution is 2.53. The smallest absolute Gasteiger partial charge is 0.307 e. The zero-order chi connectivity index (χ0) is 28.7. The minimum Gasteiger partial charge on any atom is -0.481 e. The van der Waals surface area contributed by atoms with Crippen LogP contribution in [-0.4, -0.2) is 59.5 Å². The number of rotatable bonds is 10. The monoisotopic (exact) mass is 594 g/mol. The summed E-state index contributed by atoms with van der Waals surface area (Å²) in [6, 6.07) is 13.8. The third-order valence-electron chi connectivity index (χ3n) is 8.57. The molecule has 39 heavy (non-hydrogen) atoms. The number of amides is 1. The first-order chi connectivity index (χ1) is 18.3. The van der Waals surface area contributed by atoms with E-state index < -0.39 is 39.4 Å². The lowest BCUT2D eigenvalue weighted by Crippen LogP contribution is -2.60. The number of carboxylic acids is 1. The van der Waals surface area contributed by atoms with Crippen LogP contribution in [-0.2, 0) is 19.6 Å². The van der Waals surface area contributed by atoms with Crippen LogP contribution in [0.3, 0.4) is 0 Å². The minimum atomic E-state index is -3.48. The Morgan fingerprint density at radius 2 is 1.77 bits per heavy atom. The molecule has 1 saturated heterocycles. The zero-order valence-corrected chi connectivity index (χ0v) is 25.0. The second kappa shape index (κ2) is 11.4. The summed E-state index contributed by atoms with van der Waals surface area (Å²) in [5.74, 6) is -2.61. The van der Waals surface area contributed by atoms with E-state index in [-0.39, 0.29) is 30.0 Å². The van der Waals surface area contributed by atoms with E-state index in [9.17, 15) is 23.1 Å². The van der Waals surface area contributed by atoms with Crippen LogP contribution in [0.25, 0.3) is 0 Å². The summed E-state index contributed by atoms with van der Waals surface area (Å²) in [6.45, 7) is 5.33. The fourth-order valence-corrected chi connectivity index (χ4v) is 7.77. The molecule has 1 heterocycles. The fraction of sp³-hybridized carbons (Fsp3) is 0.517. The number of benzene rings is 2. The molecule has 10 heteroatoms. The Bertz CT molecular complexity index is 1330. The molecular weight excluding hydrogens is 559 g/mol. The van der Waals surface area contributed by atoms with Crippen molar-refractivity contribution in [3.8, 4) is 0 Å². The third kappa shape index (κ3) is 5.85. The second-order valence-corrected chi connectivity index (χ2v) is 14.3. The number of aliphatic carboxylic acids is 1. The largest absolute Gasteiger partial charge is 0.481 e. The number of hydrogen-bond acceptors (Lipinski definition) is 4. The predicted octanol–water partition coefficient (Wildman–Crippen LogP) is 5.98. The number of carbonyl (C=O) groups is 2. The van der Waals surface area contributed by atoms with Crippen LogP contribution < -0.4 is 0 Å². The van der Waals surface area contributed by atoms with Crippen molar-refractivity contribution >= 4 is 45.1 Å². The van der Waals surface area contributed by atoms with Gasteiger partial charge < -0.3 is 10.0 Å². The Morgan fingerprint density at radius 3 is 2.31 bits per heavy atom. The van der Waals surface area contributed by atoms with E-state index in [0.717, 1.165) is 11.1 Å². The van der Waals surface area contributed by atoms with Crippen molar-refractivity contribution < 1.29 is 23.1 Å². The molecule has 0 spiro atoms. The van der Waals surface area contributed by atoms with E-state index in [1.807, 2.05) is 37.3 Å². The van der Waals surface area contributed by atoms with Gasteiger partial charge in [0.25, 0.3) is 0 Å². The Balaban J connectivity index is 1.89. The summed E-state index contributed by atoms with van der Waals surface area (Å²) in [4.78, 5) is 28.5. The summed E-state index contributed by atoms with van der Waals surface area (Å²) in [6.07, 6.45) is 2.06. The summed E-state index contributed by atoms with van der Waals surface area (Å²) in [5.41, 5.74) is 0.495. The van der Waals surface area contributed by atoms with Gasteiger partial charge in [0.1, 0.15) is 0 Å². The minimum absolute atomic E-state index is 0.116. The average molecular weight is 596 g/mol. The number of likely N-dealkylation sites (tertiary alicyclic amines) is 1. The Labute approximate surface area is 241 Å². The van der Waals surface area contributed by atoms with E-state index in [2.05, 4.69) is 0 Å². The molecule has 1 aliphatic heterocycles. The van der Waals surface area contributed by atoms with Gasteiger partial charge in [-0.1, -0.05) is 61.3 Å². The zero-order valence-electron chi connectivity index (χ0n) is 22.7. The predicted molar refractivity (Wildman–Crippen MR) is 153 cm³/mol. The maximum absolute atomic E-state index is 14.5. The van der Waals surface area contributed by atoms with E-state index in [1.165, 1.54) is 4.31 Å². The number of carboxylic acid groups (broad SMARTS) is 1. The highest BCUT2D eigenvalue weighted by Gasteiger charge is 2.55. The number of nitrogens with zero attached hydrogens (tertiary/aromatic N) is 2. The van der Waals surface area contributed by atoms with Crippen molar-refractivity contribution in [3.05, 3.63) is 69.7 Å². The molecule has 2 aliphatic rings. The molecule has 2 fully saturated rings. The van der Waals surface area contributed by atoms with Crippen molar-refractivity contribution in [1.29, 1.82) is 0 Å². The molecule has 7 nitrogen and oxygen atoms in total. The lowest BCUT2D eigenvalue weighted by Gasteiger charge is -2.53. The molecule has 0 radical (unpaired) electrons. The SMILES string of the molecule is CC[C@@H](CN(C)S(=O)(=O)C1CC1)N1C(=O)[C@@](C)(C(C)C(=O)O)CC(c2cccc(Cl)c2)C1c1ccc(Cl)cc1. The quantitative estimate of drug-likeness (QED) is 0.365. The fourth-order valence-electron chi connectivity index (χ4n) is 5.82. The third-order valence-corrected chi connectivity index (χ3v) is 11.4. The molecule has 4 rings (SSSR count). The molecule has 5 atom stereocenters. The maximum atomic E-state index is 14.5. The van der Waals surface area contributed by atoms with Crippen LogP contribution in [0.4, 0.5) is 0 Å². The van der Waals surface area contributed by atoms with Gasteiger partial charge in [-0.05, 0) is 68.0 Å². The summed E-state index contributed by atoms with van der Waals surface area (Å²) in [7, 11) is -1.91. The van der Waals surface area contributed by atoms with Gasteiger partial charge in [-0.15, -0.1) is 0 Å². The summed E-state index contributed by atoms with van der Waals surface area (Å²) < 4.78 is 27.5. The Hall–Kier alpha value is -2.13. The molecule has 2 aromatic rings. The average Bonchev–Trinajstić information content (AvgIpc) is 3.75. The van der Waals surface area contributed by atoms with Crippen molar-refractivity contribution in [3.63, 3.8) is 0 Å². The van der Waals surface area contributed by atoms with E-state index in [1.54, 1.807) is 44.0 Å². The number of halogens is 2. The number of piperidine rings is 1. The Morgan fingerprint density at radius 1 is 1.13 bits per heavy atom. The topological polar surface area (TPSA) is 95.0 Å². The first kappa shape index (κ1) is 29.8. The molecule has 0 bridgehead atoms. The second-order valence-electron chi connectivity index (χ2n) is 11.1. The van der Waals surface area contributed by atoms with Gasteiger partial charge in [-0.3, -0.25) is 9.59 Å². The van der Waals surface area contributed by atoms with Gasteiger partial charge in [-0.2, -0.15) is 0 Å². The molecule has 1 amide bonds. The van der Waals surface area contributed by atoms with Gasteiger partial charge in [-0.25, -0.2) is 12.7 Å². The lowest BCUT2D eigenvalue weighted by molar-refractivity contribution is -0.167. The normalized spacial score (nSPS) is 25.5. The van der Waals surface area contributed by atoms with Gasteiger partial charge in [0, 0.05) is 35.6 Å². The standard InChI is InChI=1S/C29H36Cl2N2O5S/c1-5-23(17-32(4)39(37,38)24-13-14-24)33-26(19-9-11-21(30)12-10-19)25(20-7-6-8-22(31)15-20)16-29(3,28(33)36)18(2)27(34)35/h6-12,15,18,23-26H,5,13-14,16-17H2,1-4H3,(H,34,35)/t18?,23-,25?,26?,29+/m0/s1. The summed E-state index contributed by atoms with van der Waals surface area (Å²) >= 11 is 12.6. The number of sulfonamides is 1. The first-order valence-corrected chi connectivity index (χ1v) is 15.6. The molecule has 1 aliphatic carbocycles. The highest BCUT2D eigenvalue weighted by atomic mass is 35.5. The molecule has 1 saturated carbocycles. The molecule has 3 unspecified atom stereocenters. The van der Waals surface area contributed by atoms with Crippen LogP contribution in [0.5, 0.6) is 0 Å². The van der Waals surface area contributed by atoms with E-state index in [4.69, 9.17) is 23.2 Å². The van der Waals surface area contributed by atoms with Crippen LogP contribution in [0, 0.1) is 11.3 Å². The van der Waals surface area contributed by atoms with Crippen molar-refractivity contribution in [2.75, 3.05) is 13.6 Å². The van der Waals surface area contributed by atoms with E-state index >= 15 is 0 Å². The van der Waals surface area contributed by atoms with Gasteiger partial charge in [0.05, 0.1) is 22.6 Å². The van der Waals surface area contributed by atoms with Gasteiger partial charge in [0.15, 0.2) is 0 Å². The molecular formula is C29H36Cl2N2O5S. The molecule has 0 aromatic heterocycles. The van der Waals surface area contributed by atoms with E-state index in [0.29, 0.717) is 29.3 Å². The van der Waals surface area contributed by atoms with Crippen molar-refractivity contribution in [2.45, 2.75) is 69.7 Å². The van der Waals surface area contributed by atoms with Crippen molar-refractivity contribution in [1.82, 2.24) is 9.21 Å². The Kier molecular flexibility index (Phi) is 8.72. The number of hydrogen-bond donors (Lipinski definition) is 1. The van der Waals surface area contributed by atoms with Crippen LogP contribution >= 0.6 is 23.2 Å². The highest BCUT2D eigenvalue weighted by molar-refractivity contribution is 7.90. The van der Waals surface area contributed by atoms with Crippen molar-refractivity contribution in [2.24, 2.45) is 11.3 Å². The van der Waals surface area contributed by atoms with Gasteiger partial charge in [0.2, 0.25) is 15.9 Å². The lowest BCUT2D eigenvalue weighted by atomic mass is 9.63. The molecule has 2 aromatic carbocycles. The first-order valence-electron chi connectivity index (χ1n) is 13.3.